The molecule has 4 nitrogen and oxygen atoms in total. The number of rotatable bonds is 15. The van der Waals surface area contributed by atoms with Crippen LogP contribution in [0.15, 0.2) is 59.5 Å². The molecule has 0 aromatic heterocycles. The molecule has 2 rings (SSSR count). The predicted octanol–water partition coefficient (Wildman–Crippen LogP) is 6.19. The lowest BCUT2D eigenvalue weighted by Crippen LogP contribution is -2.22. The first-order valence-corrected chi connectivity index (χ1v) is 12.4. The van der Waals surface area contributed by atoms with E-state index in [1.165, 1.54) is 57.1 Å². The first-order valence-electron chi connectivity index (χ1n) is 11.0. The fraction of sp³-hybridized carbons (Fsp3) is 0.583. The van der Waals surface area contributed by atoms with E-state index >= 15 is 0 Å². The van der Waals surface area contributed by atoms with Gasteiger partial charge in [0.25, 0.3) is 10.1 Å². The molecule has 1 fully saturated rings. The van der Waals surface area contributed by atoms with Crippen molar-refractivity contribution in [2.75, 3.05) is 0 Å². The number of benzene rings is 1. The molecule has 1 aliphatic rings. The molecule has 162 valence electrons. The smallest absolute Gasteiger partial charge is 0.297 e. The second-order valence-corrected chi connectivity index (χ2v) is 9.25. The Hall–Kier alpha value is -1.43. The van der Waals surface area contributed by atoms with Crippen molar-refractivity contribution in [3.05, 3.63) is 54.6 Å². The molecule has 1 aromatic rings. The van der Waals surface area contributed by atoms with Crippen LogP contribution in [0.4, 0.5) is 0 Å². The van der Waals surface area contributed by atoms with Crippen LogP contribution in [0.5, 0.6) is 0 Å². The molecule has 0 N–H and O–H groups in total. The van der Waals surface area contributed by atoms with E-state index in [1.807, 2.05) is 0 Å². The Kier molecular flexibility index (Phi) is 10.7. The molecular formula is C24H36O4S. The third kappa shape index (κ3) is 9.28. The number of ether oxygens (including phenoxy) is 1. The lowest BCUT2D eigenvalue weighted by molar-refractivity contribution is 0.182. The van der Waals surface area contributed by atoms with Gasteiger partial charge in [-0.25, -0.2) is 0 Å². The van der Waals surface area contributed by atoms with E-state index in [2.05, 4.69) is 31.2 Å². The van der Waals surface area contributed by atoms with Gasteiger partial charge in [-0.2, -0.15) is 8.42 Å². The van der Waals surface area contributed by atoms with Crippen LogP contribution in [-0.2, 0) is 19.0 Å². The van der Waals surface area contributed by atoms with Crippen LogP contribution in [0.2, 0.25) is 0 Å². The Labute approximate surface area is 177 Å². The minimum absolute atomic E-state index is 0.0410. The van der Waals surface area contributed by atoms with E-state index < -0.39 is 16.2 Å². The van der Waals surface area contributed by atoms with Gasteiger partial charge in [-0.3, -0.25) is 4.18 Å². The number of hydrogen-bond acceptors (Lipinski definition) is 4. The van der Waals surface area contributed by atoms with E-state index in [4.69, 9.17) is 8.92 Å². The first-order chi connectivity index (χ1) is 14.0. The van der Waals surface area contributed by atoms with Gasteiger partial charge in [0.05, 0.1) is 11.0 Å². The summed E-state index contributed by atoms with van der Waals surface area (Å²) in [5, 5.41) is 0. The zero-order valence-electron chi connectivity index (χ0n) is 17.8. The Morgan fingerprint density at radius 1 is 1.00 bits per heavy atom. The van der Waals surface area contributed by atoms with Crippen molar-refractivity contribution in [1.29, 1.82) is 0 Å². The minimum Gasteiger partial charge on any atom is -0.366 e. The number of allylic oxidation sites excluding steroid dienone is 3. The maximum Gasteiger partial charge on any atom is 0.297 e. The highest BCUT2D eigenvalue weighted by atomic mass is 32.2. The SMILES string of the molecule is CCCCCCCC/C=C\C/C=C\C[C@H]1O[C@@H]1C(C)OS(=O)(=O)c1ccccc1. The van der Waals surface area contributed by atoms with Crippen LogP contribution in [-0.4, -0.2) is 26.7 Å². The van der Waals surface area contributed by atoms with Crippen LogP contribution < -0.4 is 0 Å². The van der Waals surface area contributed by atoms with Gasteiger partial charge in [0.15, 0.2) is 0 Å². The summed E-state index contributed by atoms with van der Waals surface area (Å²) in [7, 11) is -3.74. The molecule has 0 bridgehead atoms. The highest BCUT2D eigenvalue weighted by Crippen LogP contribution is 2.31. The predicted molar refractivity (Wildman–Crippen MR) is 118 cm³/mol. The molecule has 1 saturated heterocycles. The second-order valence-electron chi connectivity index (χ2n) is 7.68. The van der Waals surface area contributed by atoms with Crippen molar-refractivity contribution in [3.8, 4) is 0 Å². The molecule has 1 unspecified atom stereocenters. The molecule has 1 heterocycles. The van der Waals surface area contributed by atoms with E-state index in [0.717, 1.165) is 12.8 Å². The Balaban J connectivity index is 1.56. The van der Waals surface area contributed by atoms with Crippen LogP contribution in [0.1, 0.15) is 71.6 Å². The molecule has 0 amide bonds. The molecule has 3 atom stereocenters. The van der Waals surface area contributed by atoms with Crippen molar-refractivity contribution in [3.63, 3.8) is 0 Å². The summed E-state index contributed by atoms with van der Waals surface area (Å²) < 4.78 is 35.4. The lowest BCUT2D eigenvalue weighted by atomic mass is 10.1. The highest BCUT2D eigenvalue weighted by Gasteiger charge is 2.44. The average molecular weight is 421 g/mol. The molecule has 0 saturated carbocycles. The zero-order valence-corrected chi connectivity index (χ0v) is 18.6. The summed E-state index contributed by atoms with van der Waals surface area (Å²) in [6, 6.07) is 8.22. The molecule has 0 aliphatic carbocycles. The molecule has 1 aromatic carbocycles. The van der Waals surface area contributed by atoms with Gasteiger partial charge in [0.1, 0.15) is 12.2 Å². The van der Waals surface area contributed by atoms with Crippen molar-refractivity contribution < 1.29 is 17.3 Å². The van der Waals surface area contributed by atoms with Crippen LogP contribution in [0.25, 0.3) is 0 Å². The third-order valence-electron chi connectivity index (χ3n) is 5.09. The second kappa shape index (κ2) is 13.0. The Morgan fingerprint density at radius 3 is 2.45 bits per heavy atom. The van der Waals surface area contributed by atoms with Crippen molar-refractivity contribution in [1.82, 2.24) is 0 Å². The molecule has 0 radical (unpaired) electrons. The number of hydrogen-bond donors (Lipinski definition) is 0. The van der Waals surface area contributed by atoms with Gasteiger partial charge in [-0.05, 0) is 44.7 Å². The topological polar surface area (TPSA) is 55.9 Å². The lowest BCUT2D eigenvalue weighted by Gasteiger charge is -2.10. The zero-order chi connectivity index (χ0) is 21.0. The van der Waals surface area contributed by atoms with E-state index in [9.17, 15) is 8.42 Å². The summed E-state index contributed by atoms with van der Waals surface area (Å²) >= 11 is 0. The van der Waals surface area contributed by atoms with Gasteiger partial charge in [0, 0.05) is 0 Å². The summed E-state index contributed by atoms with van der Waals surface area (Å²) in [4.78, 5) is 0.177. The Morgan fingerprint density at radius 2 is 1.69 bits per heavy atom. The first kappa shape index (κ1) is 23.8. The quantitative estimate of drug-likeness (QED) is 0.147. The Bertz CT molecular complexity index is 725. The fourth-order valence-electron chi connectivity index (χ4n) is 3.32. The van der Waals surface area contributed by atoms with Gasteiger partial charge in [-0.1, -0.05) is 81.5 Å². The van der Waals surface area contributed by atoms with Crippen molar-refractivity contribution >= 4 is 10.1 Å². The van der Waals surface area contributed by atoms with E-state index in [0.29, 0.717) is 0 Å². The maximum atomic E-state index is 12.3. The maximum absolute atomic E-state index is 12.3. The standard InChI is InChI=1S/C24H36O4S/c1-3-4-5-6-7-8-9-10-11-12-13-17-20-23-24(27-23)21(2)28-29(25,26)22-18-15-14-16-19-22/h10-11,13-19,21,23-24H,3-9,12,20H2,1-2H3/b11-10-,17-13-/t21?,23-,24-/m1/s1. The number of unbranched alkanes of at least 4 members (excludes halogenated alkanes) is 6. The summed E-state index contributed by atoms with van der Waals surface area (Å²) in [5.41, 5.74) is 0. The average Bonchev–Trinajstić information content (AvgIpc) is 3.49. The van der Waals surface area contributed by atoms with E-state index in [1.54, 1.807) is 25.1 Å². The van der Waals surface area contributed by atoms with E-state index in [-0.39, 0.29) is 17.1 Å². The molecule has 0 spiro atoms. The summed E-state index contributed by atoms with van der Waals surface area (Å²) in [5.74, 6) is 0. The van der Waals surface area contributed by atoms with Gasteiger partial charge < -0.3 is 4.74 Å². The van der Waals surface area contributed by atoms with Crippen LogP contribution in [0.3, 0.4) is 0 Å². The third-order valence-corrected chi connectivity index (χ3v) is 6.50. The minimum atomic E-state index is -3.74. The fourth-order valence-corrected chi connectivity index (χ4v) is 4.43. The summed E-state index contributed by atoms with van der Waals surface area (Å²) in [6.45, 7) is 4.00. The molecule has 29 heavy (non-hydrogen) atoms. The number of epoxide rings is 1. The largest absolute Gasteiger partial charge is 0.366 e. The monoisotopic (exact) mass is 420 g/mol. The van der Waals surface area contributed by atoms with Crippen LogP contribution in [0, 0.1) is 0 Å². The molecule has 5 heteroatoms. The van der Waals surface area contributed by atoms with Crippen molar-refractivity contribution in [2.24, 2.45) is 0 Å². The molecular weight excluding hydrogens is 384 g/mol. The highest BCUT2D eigenvalue weighted by molar-refractivity contribution is 7.86. The van der Waals surface area contributed by atoms with Gasteiger partial charge in [0.2, 0.25) is 0 Å². The van der Waals surface area contributed by atoms with Crippen molar-refractivity contribution in [2.45, 2.75) is 94.8 Å². The van der Waals surface area contributed by atoms with Crippen LogP contribution >= 0.6 is 0 Å². The summed E-state index contributed by atoms with van der Waals surface area (Å²) in [6.07, 6.45) is 19.0. The van der Waals surface area contributed by atoms with Gasteiger partial charge >= 0.3 is 0 Å². The normalized spacial score (nSPS) is 20.5. The van der Waals surface area contributed by atoms with Gasteiger partial charge in [-0.15, -0.1) is 0 Å². The molecule has 1 aliphatic heterocycles.